The fourth-order valence-corrected chi connectivity index (χ4v) is 2.10. The zero-order valence-electron chi connectivity index (χ0n) is 12.5. The molecule has 19 heavy (non-hydrogen) atoms. The van der Waals surface area contributed by atoms with E-state index in [1.165, 1.54) is 25.7 Å². The normalized spacial score (nSPS) is 20.9. The first kappa shape index (κ1) is 17.0. The van der Waals surface area contributed by atoms with Crippen molar-refractivity contribution in [2.24, 2.45) is 10.9 Å². The van der Waals surface area contributed by atoms with Crippen LogP contribution in [0.5, 0.6) is 0 Å². The number of rotatable bonds is 7. The molecule has 0 saturated heterocycles. The third kappa shape index (κ3) is 6.29. The summed E-state index contributed by atoms with van der Waals surface area (Å²) in [6.07, 6.45) is 5.50. The lowest BCUT2D eigenvalue weighted by Crippen LogP contribution is -2.40. The van der Waals surface area contributed by atoms with Gasteiger partial charge in [-0.1, -0.05) is 0 Å². The highest BCUT2D eigenvalue weighted by atomic mass is 127. The van der Waals surface area contributed by atoms with Crippen LogP contribution in [0.4, 0.5) is 0 Å². The molecule has 1 atom stereocenters. The lowest BCUT2D eigenvalue weighted by Gasteiger charge is -2.23. The summed E-state index contributed by atoms with van der Waals surface area (Å²) in [4.78, 5) is 7.16. The van der Waals surface area contributed by atoms with Gasteiger partial charge in [0.05, 0.1) is 6.54 Å². The van der Waals surface area contributed by atoms with Crippen LogP contribution in [0, 0.1) is 5.92 Å². The molecule has 0 spiro atoms. The molecule has 0 aromatic carbocycles. The summed E-state index contributed by atoms with van der Waals surface area (Å²) >= 11 is 0. The quantitative estimate of drug-likeness (QED) is 0.404. The molecule has 0 bridgehead atoms. The van der Waals surface area contributed by atoms with Crippen LogP contribution >= 0.6 is 24.0 Å². The second-order valence-corrected chi connectivity index (χ2v) is 5.79. The van der Waals surface area contributed by atoms with Crippen LogP contribution < -0.4 is 10.6 Å². The van der Waals surface area contributed by atoms with Crippen LogP contribution in [-0.2, 0) is 0 Å². The molecule has 2 aliphatic carbocycles. The Labute approximate surface area is 134 Å². The maximum atomic E-state index is 4.70. The van der Waals surface area contributed by atoms with Crippen molar-refractivity contribution >= 4 is 29.9 Å². The van der Waals surface area contributed by atoms with Crippen molar-refractivity contribution in [3.05, 3.63) is 0 Å². The second-order valence-electron chi connectivity index (χ2n) is 5.79. The molecule has 0 aliphatic heterocycles. The molecule has 2 fully saturated rings. The topological polar surface area (TPSA) is 39.7 Å². The van der Waals surface area contributed by atoms with E-state index in [-0.39, 0.29) is 24.0 Å². The number of nitrogens with one attached hydrogen (secondary N) is 2. The van der Waals surface area contributed by atoms with Crippen LogP contribution in [0.3, 0.4) is 0 Å². The van der Waals surface area contributed by atoms with Crippen LogP contribution in [-0.4, -0.2) is 49.6 Å². The van der Waals surface area contributed by atoms with E-state index in [0.717, 1.165) is 37.6 Å². The Kier molecular flexibility index (Phi) is 7.42. The zero-order valence-corrected chi connectivity index (χ0v) is 14.8. The predicted octanol–water partition coefficient (Wildman–Crippen LogP) is 2.05. The summed E-state index contributed by atoms with van der Waals surface area (Å²) in [6.45, 7) is 7.29. The van der Waals surface area contributed by atoms with Gasteiger partial charge in [-0.05, 0) is 52.5 Å². The molecule has 2 saturated carbocycles. The average molecular weight is 380 g/mol. The molecule has 2 aliphatic rings. The molecule has 1 unspecified atom stereocenters. The third-order valence-electron chi connectivity index (χ3n) is 3.93. The van der Waals surface area contributed by atoms with Crippen molar-refractivity contribution < 1.29 is 0 Å². The summed E-state index contributed by atoms with van der Waals surface area (Å²) in [5, 5.41) is 6.77. The van der Waals surface area contributed by atoms with E-state index >= 15 is 0 Å². The highest BCUT2D eigenvalue weighted by Gasteiger charge is 2.28. The SMILES string of the molecule is CCNC(=NCC(C)N(C)C1CC1)NCC1CC1.I. The number of hydrogen-bond donors (Lipinski definition) is 2. The van der Waals surface area contributed by atoms with Crippen LogP contribution in [0.2, 0.25) is 0 Å². The van der Waals surface area contributed by atoms with E-state index in [1.54, 1.807) is 0 Å². The van der Waals surface area contributed by atoms with Gasteiger partial charge in [-0.25, -0.2) is 0 Å². The molecule has 0 aromatic rings. The Morgan fingerprint density at radius 2 is 1.95 bits per heavy atom. The lowest BCUT2D eigenvalue weighted by molar-refractivity contribution is 0.253. The van der Waals surface area contributed by atoms with Gasteiger partial charge < -0.3 is 10.6 Å². The van der Waals surface area contributed by atoms with Gasteiger partial charge >= 0.3 is 0 Å². The van der Waals surface area contributed by atoms with E-state index < -0.39 is 0 Å². The van der Waals surface area contributed by atoms with Gasteiger partial charge in [0.2, 0.25) is 0 Å². The number of aliphatic imine (C=N–C) groups is 1. The smallest absolute Gasteiger partial charge is 0.191 e. The number of nitrogens with zero attached hydrogens (tertiary/aromatic N) is 2. The van der Waals surface area contributed by atoms with Gasteiger partial charge in [0.1, 0.15) is 0 Å². The van der Waals surface area contributed by atoms with Gasteiger partial charge in [0.25, 0.3) is 0 Å². The summed E-state index contributed by atoms with van der Waals surface area (Å²) in [5.41, 5.74) is 0. The van der Waals surface area contributed by atoms with Crippen molar-refractivity contribution in [1.29, 1.82) is 0 Å². The van der Waals surface area contributed by atoms with E-state index in [1.807, 2.05) is 0 Å². The molecular weight excluding hydrogens is 351 g/mol. The minimum Gasteiger partial charge on any atom is -0.357 e. The minimum absolute atomic E-state index is 0. The third-order valence-corrected chi connectivity index (χ3v) is 3.93. The van der Waals surface area contributed by atoms with Crippen molar-refractivity contribution in [2.45, 2.75) is 51.6 Å². The first-order valence-electron chi connectivity index (χ1n) is 7.44. The molecule has 112 valence electrons. The van der Waals surface area contributed by atoms with E-state index in [4.69, 9.17) is 4.99 Å². The Balaban J connectivity index is 0.00000180. The molecule has 5 heteroatoms. The van der Waals surface area contributed by atoms with E-state index in [0.29, 0.717) is 6.04 Å². The minimum atomic E-state index is 0. The molecule has 4 nitrogen and oxygen atoms in total. The number of halogens is 1. The monoisotopic (exact) mass is 380 g/mol. The highest BCUT2D eigenvalue weighted by Crippen LogP contribution is 2.27. The first-order chi connectivity index (χ1) is 8.70. The van der Waals surface area contributed by atoms with Crippen LogP contribution in [0.1, 0.15) is 39.5 Å². The highest BCUT2D eigenvalue weighted by molar-refractivity contribution is 14.0. The largest absolute Gasteiger partial charge is 0.357 e. The van der Waals surface area contributed by atoms with Gasteiger partial charge in [0, 0.05) is 25.2 Å². The van der Waals surface area contributed by atoms with Gasteiger partial charge in [-0.2, -0.15) is 0 Å². The summed E-state index contributed by atoms with van der Waals surface area (Å²) in [7, 11) is 2.22. The van der Waals surface area contributed by atoms with Crippen molar-refractivity contribution in [1.82, 2.24) is 15.5 Å². The number of guanidine groups is 1. The van der Waals surface area contributed by atoms with Crippen LogP contribution in [0.15, 0.2) is 4.99 Å². The molecular formula is C14H29IN4. The fraction of sp³-hybridized carbons (Fsp3) is 0.929. The Hall–Kier alpha value is -0.0400. The number of hydrogen-bond acceptors (Lipinski definition) is 2. The molecule has 0 heterocycles. The maximum absolute atomic E-state index is 4.70. The Morgan fingerprint density at radius 3 is 2.47 bits per heavy atom. The zero-order chi connectivity index (χ0) is 13.0. The maximum Gasteiger partial charge on any atom is 0.191 e. The van der Waals surface area contributed by atoms with E-state index in [9.17, 15) is 0 Å². The van der Waals surface area contributed by atoms with Crippen molar-refractivity contribution in [3.63, 3.8) is 0 Å². The molecule has 0 amide bonds. The number of likely N-dealkylation sites (N-methyl/N-ethyl adjacent to an activating group) is 1. The van der Waals surface area contributed by atoms with Crippen LogP contribution in [0.25, 0.3) is 0 Å². The van der Waals surface area contributed by atoms with E-state index in [2.05, 4.69) is 36.4 Å². The van der Waals surface area contributed by atoms with Gasteiger partial charge in [0.15, 0.2) is 5.96 Å². The second kappa shape index (κ2) is 8.29. The summed E-state index contributed by atoms with van der Waals surface area (Å²) in [5.74, 6) is 1.88. The van der Waals surface area contributed by atoms with Crippen molar-refractivity contribution in [2.75, 3.05) is 26.7 Å². The molecule has 2 rings (SSSR count). The Bertz CT molecular complexity index is 287. The summed E-state index contributed by atoms with van der Waals surface area (Å²) in [6, 6.07) is 1.35. The summed E-state index contributed by atoms with van der Waals surface area (Å²) < 4.78 is 0. The van der Waals surface area contributed by atoms with Gasteiger partial charge in [-0.15, -0.1) is 24.0 Å². The Morgan fingerprint density at radius 1 is 1.26 bits per heavy atom. The average Bonchev–Trinajstić information content (AvgIpc) is 3.24. The molecule has 0 aromatic heterocycles. The fourth-order valence-electron chi connectivity index (χ4n) is 2.10. The molecule has 0 radical (unpaired) electrons. The lowest BCUT2D eigenvalue weighted by atomic mass is 10.3. The predicted molar refractivity (Wildman–Crippen MR) is 92.4 cm³/mol. The van der Waals surface area contributed by atoms with Crippen molar-refractivity contribution in [3.8, 4) is 0 Å². The van der Waals surface area contributed by atoms with Gasteiger partial charge in [-0.3, -0.25) is 9.89 Å². The standard InChI is InChI=1S/C14H28N4.HI/c1-4-15-14(17-10-12-5-6-12)16-9-11(2)18(3)13-7-8-13;/h11-13H,4-10H2,1-3H3,(H2,15,16,17);1H. The first-order valence-corrected chi connectivity index (χ1v) is 7.44. The molecule has 2 N–H and O–H groups in total.